The molecule has 0 saturated carbocycles. The van der Waals surface area contributed by atoms with Gasteiger partial charge in [-0.05, 0) is 35.7 Å². The second-order valence-electron chi connectivity index (χ2n) is 6.06. The third-order valence-electron chi connectivity index (χ3n) is 4.09. The molecule has 1 atom stereocenters. The summed E-state index contributed by atoms with van der Waals surface area (Å²) in [5, 5.41) is 12.3. The third kappa shape index (κ3) is 5.54. The van der Waals surface area contributed by atoms with Crippen LogP contribution in [0.5, 0.6) is 0 Å². The summed E-state index contributed by atoms with van der Waals surface area (Å²) in [6, 6.07) is 8.02. The molecule has 1 aromatic heterocycles. The molecule has 2 rings (SSSR count). The van der Waals surface area contributed by atoms with Crippen molar-refractivity contribution < 1.29 is 19.4 Å². The van der Waals surface area contributed by atoms with Crippen molar-refractivity contribution in [2.45, 2.75) is 26.7 Å². The van der Waals surface area contributed by atoms with Gasteiger partial charge in [-0.25, -0.2) is 0 Å². The van der Waals surface area contributed by atoms with Gasteiger partial charge in [-0.15, -0.1) is 11.3 Å². The van der Waals surface area contributed by atoms with E-state index >= 15 is 0 Å². The zero-order valence-corrected chi connectivity index (χ0v) is 15.6. The van der Waals surface area contributed by atoms with Crippen LogP contribution >= 0.6 is 11.3 Å². The predicted octanol–water partition coefficient (Wildman–Crippen LogP) is 3.42. The SMILES string of the molecule is CCOCCCN(CC(C)C(=O)O)C(=O)Cc1csc2ccccc12. The molecule has 1 aromatic carbocycles. The van der Waals surface area contributed by atoms with Gasteiger partial charge in [0, 0.05) is 31.0 Å². The fourth-order valence-corrected chi connectivity index (χ4v) is 3.64. The quantitative estimate of drug-likeness (QED) is 0.657. The molecule has 0 spiro atoms. The molecule has 2 aromatic rings. The Bertz CT molecular complexity index is 712. The molecule has 1 amide bonds. The Morgan fingerprint density at radius 2 is 2.08 bits per heavy atom. The van der Waals surface area contributed by atoms with Crippen molar-refractivity contribution in [3.63, 3.8) is 0 Å². The first-order valence-corrected chi connectivity index (χ1v) is 9.44. The molecule has 6 heteroatoms. The largest absolute Gasteiger partial charge is 0.481 e. The molecule has 0 aliphatic rings. The maximum atomic E-state index is 12.8. The summed E-state index contributed by atoms with van der Waals surface area (Å²) in [6.07, 6.45) is 1.00. The van der Waals surface area contributed by atoms with Crippen LogP contribution in [0.3, 0.4) is 0 Å². The molecule has 0 aliphatic carbocycles. The van der Waals surface area contributed by atoms with Crippen LogP contribution in [0.15, 0.2) is 29.6 Å². The molecule has 1 unspecified atom stereocenters. The number of carboxylic acids is 1. The van der Waals surface area contributed by atoms with E-state index < -0.39 is 11.9 Å². The molecule has 0 fully saturated rings. The molecule has 0 bridgehead atoms. The molecule has 0 radical (unpaired) electrons. The topological polar surface area (TPSA) is 66.8 Å². The first-order valence-electron chi connectivity index (χ1n) is 8.56. The minimum atomic E-state index is -0.886. The normalized spacial score (nSPS) is 12.2. The lowest BCUT2D eigenvalue weighted by Crippen LogP contribution is -2.38. The van der Waals surface area contributed by atoms with E-state index in [0.29, 0.717) is 32.6 Å². The van der Waals surface area contributed by atoms with E-state index in [4.69, 9.17) is 9.84 Å². The third-order valence-corrected chi connectivity index (χ3v) is 5.10. The van der Waals surface area contributed by atoms with Crippen molar-refractivity contribution in [1.82, 2.24) is 4.90 Å². The second kappa shape index (κ2) is 9.53. The van der Waals surface area contributed by atoms with E-state index in [1.165, 1.54) is 0 Å². The van der Waals surface area contributed by atoms with Crippen molar-refractivity contribution in [1.29, 1.82) is 0 Å². The molecule has 1 N–H and O–H groups in total. The van der Waals surface area contributed by atoms with Crippen LogP contribution in [-0.2, 0) is 20.7 Å². The number of benzene rings is 1. The number of hydrogen-bond donors (Lipinski definition) is 1. The van der Waals surface area contributed by atoms with Crippen LogP contribution in [-0.4, -0.2) is 48.2 Å². The Labute approximate surface area is 152 Å². The number of amides is 1. The van der Waals surface area contributed by atoms with Gasteiger partial charge in [0.2, 0.25) is 5.91 Å². The van der Waals surface area contributed by atoms with E-state index in [9.17, 15) is 9.59 Å². The fraction of sp³-hybridized carbons (Fsp3) is 0.474. The maximum absolute atomic E-state index is 12.8. The highest BCUT2D eigenvalue weighted by Gasteiger charge is 2.21. The number of fused-ring (bicyclic) bond motifs is 1. The van der Waals surface area contributed by atoms with Crippen LogP contribution in [0.1, 0.15) is 25.8 Å². The van der Waals surface area contributed by atoms with Gasteiger partial charge < -0.3 is 14.7 Å². The Balaban J connectivity index is 2.06. The van der Waals surface area contributed by atoms with Gasteiger partial charge in [0.1, 0.15) is 0 Å². The summed E-state index contributed by atoms with van der Waals surface area (Å²) in [5.74, 6) is -1.51. The van der Waals surface area contributed by atoms with Crippen LogP contribution in [0.25, 0.3) is 10.1 Å². The van der Waals surface area contributed by atoms with Gasteiger partial charge in [0.05, 0.1) is 12.3 Å². The van der Waals surface area contributed by atoms with Crippen LogP contribution < -0.4 is 0 Å². The first-order chi connectivity index (χ1) is 12.0. The average molecular weight is 363 g/mol. The van der Waals surface area contributed by atoms with Gasteiger partial charge >= 0.3 is 5.97 Å². The molecule has 0 saturated heterocycles. The van der Waals surface area contributed by atoms with E-state index in [1.807, 2.05) is 36.6 Å². The van der Waals surface area contributed by atoms with Gasteiger partial charge in [-0.3, -0.25) is 9.59 Å². The number of hydrogen-bond acceptors (Lipinski definition) is 4. The number of ether oxygens (including phenoxy) is 1. The van der Waals surface area contributed by atoms with Crippen molar-refractivity contribution in [3.8, 4) is 0 Å². The Morgan fingerprint density at radius 1 is 1.32 bits per heavy atom. The average Bonchev–Trinajstić information content (AvgIpc) is 3.00. The first kappa shape index (κ1) is 19.4. The zero-order chi connectivity index (χ0) is 18.2. The summed E-state index contributed by atoms with van der Waals surface area (Å²) < 4.78 is 6.49. The van der Waals surface area contributed by atoms with Gasteiger partial charge in [-0.2, -0.15) is 0 Å². The monoisotopic (exact) mass is 363 g/mol. The predicted molar refractivity (Wildman–Crippen MR) is 100 cm³/mol. The van der Waals surface area contributed by atoms with E-state index in [2.05, 4.69) is 0 Å². The molecule has 5 nitrogen and oxygen atoms in total. The number of carbonyl (C=O) groups excluding carboxylic acids is 1. The highest BCUT2D eigenvalue weighted by molar-refractivity contribution is 7.17. The Kier molecular flexibility index (Phi) is 7.40. The zero-order valence-electron chi connectivity index (χ0n) is 14.7. The number of rotatable bonds is 10. The Morgan fingerprint density at radius 3 is 2.80 bits per heavy atom. The van der Waals surface area contributed by atoms with Crippen LogP contribution in [0.4, 0.5) is 0 Å². The molecule has 136 valence electrons. The summed E-state index contributed by atoms with van der Waals surface area (Å²) in [6.45, 7) is 5.51. The Hall–Kier alpha value is -1.92. The molecular formula is C19H25NO4S. The fourth-order valence-electron chi connectivity index (χ4n) is 2.67. The lowest BCUT2D eigenvalue weighted by atomic mass is 10.1. The number of nitrogens with zero attached hydrogens (tertiary/aromatic N) is 1. The van der Waals surface area contributed by atoms with E-state index in [1.54, 1.807) is 23.2 Å². The lowest BCUT2D eigenvalue weighted by molar-refractivity contribution is -0.143. The second-order valence-corrected chi connectivity index (χ2v) is 6.97. The van der Waals surface area contributed by atoms with E-state index in [-0.39, 0.29) is 12.5 Å². The van der Waals surface area contributed by atoms with Crippen molar-refractivity contribution in [2.75, 3.05) is 26.3 Å². The molecular weight excluding hydrogens is 338 g/mol. The van der Waals surface area contributed by atoms with Gasteiger partial charge in [0.15, 0.2) is 0 Å². The van der Waals surface area contributed by atoms with Crippen molar-refractivity contribution >= 4 is 33.3 Å². The molecule has 1 heterocycles. The summed E-state index contributed by atoms with van der Waals surface area (Å²) >= 11 is 1.63. The van der Waals surface area contributed by atoms with Crippen LogP contribution in [0.2, 0.25) is 0 Å². The lowest BCUT2D eigenvalue weighted by Gasteiger charge is -2.24. The molecule has 0 aliphatic heterocycles. The summed E-state index contributed by atoms with van der Waals surface area (Å²) in [4.78, 5) is 25.6. The van der Waals surface area contributed by atoms with Gasteiger partial charge in [0.25, 0.3) is 0 Å². The minimum Gasteiger partial charge on any atom is -0.481 e. The minimum absolute atomic E-state index is 0.0341. The smallest absolute Gasteiger partial charge is 0.308 e. The number of thiophene rings is 1. The van der Waals surface area contributed by atoms with Gasteiger partial charge in [-0.1, -0.05) is 25.1 Å². The number of carboxylic acid groups (broad SMARTS) is 1. The van der Waals surface area contributed by atoms with E-state index in [0.717, 1.165) is 15.6 Å². The molecule has 25 heavy (non-hydrogen) atoms. The number of carbonyl (C=O) groups is 2. The summed E-state index contributed by atoms with van der Waals surface area (Å²) in [7, 11) is 0. The van der Waals surface area contributed by atoms with Crippen molar-refractivity contribution in [3.05, 3.63) is 35.2 Å². The standard InChI is InChI=1S/C19H25NO4S/c1-3-24-10-6-9-20(12-14(2)19(22)23)18(21)11-15-13-25-17-8-5-4-7-16(15)17/h4-5,7-8,13-14H,3,6,9-12H2,1-2H3,(H,22,23). The number of aliphatic carboxylic acids is 1. The van der Waals surface area contributed by atoms with Crippen LogP contribution in [0, 0.1) is 5.92 Å². The summed E-state index contributed by atoms with van der Waals surface area (Å²) in [5.41, 5.74) is 1.00. The highest BCUT2D eigenvalue weighted by Crippen LogP contribution is 2.26. The highest BCUT2D eigenvalue weighted by atomic mass is 32.1. The maximum Gasteiger partial charge on any atom is 0.308 e. The van der Waals surface area contributed by atoms with Crippen molar-refractivity contribution in [2.24, 2.45) is 5.92 Å².